The van der Waals surface area contributed by atoms with E-state index in [1.165, 1.54) is 6.21 Å². The van der Waals surface area contributed by atoms with Crippen LogP contribution in [-0.4, -0.2) is 24.2 Å². The maximum Gasteiger partial charge on any atom is 0.0540 e. The summed E-state index contributed by atoms with van der Waals surface area (Å²) in [6.45, 7) is 9.46. The lowest BCUT2D eigenvalue weighted by molar-refractivity contribution is 0.351. The Labute approximate surface area is 92.9 Å². The standard InChI is InChI=1S/C11H23ClN2/c1-9(2)5-6-14-11(4,8-13)10(3)7-12/h8-10,13-14H,5-7H2,1-4H3/t10?,11-/m0/s1. The first-order chi connectivity index (χ1) is 6.46. The van der Waals surface area contributed by atoms with Gasteiger partial charge >= 0.3 is 0 Å². The van der Waals surface area contributed by atoms with Gasteiger partial charge in [-0.15, -0.1) is 11.6 Å². The molecule has 0 aromatic rings. The fraction of sp³-hybridized carbons (Fsp3) is 0.909. The second kappa shape index (κ2) is 6.41. The Balaban J connectivity index is 4.05. The van der Waals surface area contributed by atoms with Crippen molar-refractivity contribution in [2.24, 2.45) is 11.8 Å². The molecule has 2 nitrogen and oxygen atoms in total. The lowest BCUT2D eigenvalue weighted by atomic mass is 9.89. The van der Waals surface area contributed by atoms with Crippen LogP contribution < -0.4 is 5.32 Å². The monoisotopic (exact) mass is 218 g/mol. The summed E-state index contributed by atoms with van der Waals surface area (Å²) in [4.78, 5) is 0. The molecule has 0 heterocycles. The molecule has 0 aliphatic rings. The summed E-state index contributed by atoms with van der Waals surface area (Å²) >= 11 is 5.81. The topological polar surface area (TPSA) is 35.9 Å². The zero-order chi connectivity index (χ0) is 11.2. The molecule has 0 fully saturated rings. The molecule has 0 aromatic carbocycles. The van der Waals surface area contributed by atoms with Crippen molar-refractivity contribution in [3.05, 3.63) is 0 Å². The second-order valence-electron chi connectivity index (χ2n) is 4.59. The van der Waals surface area contributed by atoms with E-state index in [4.69, 9.17) is 17.0 Å². The van der Waals surface area contributed by atoms with Crippen LogP contribution in [-0.2, 0) is 0 Å². The Morgan fingerprint density at radius 3 is 2.36 bits per heavy atom. The lowest BCUT2D eigenvalue weighted by Gasteiger charge is -2.32. The summed E-state index contributed by atoms with van der Waals surface area (Å²) in [5.41, 5.74) is -0.253. The average Bonchev–Trinajstić information content (AvgIpc) is 2.15. The molecule has 0 saturated heterocycles. The van der Waals surface area contributed by atoms with Crippen molar-refractivity contribution in [1.82, 2.24) is 5.32 Å². The lowest BCUT2D eigenvalue weighted by Crippen LogP contribution is -2.50. The summed E-state index contributed by atoms with van der Waals surface area (Å²) in [6.07, 6.45) is 2.61. The van der Waals surface area contributed by atoms with Crippen molar-refractivity contribution >= 4 is 17.8 Å². The van der Waals surface area contributed by atoms with Crippen LogP contribution in [0.15, 0.2) is 0 Å². The van der Waals surface area contributed by atoms with Crippen LogP contribution in [0.2, 0.25) is 0 Å². The third kappa shape index (κ3) is 4.43. The molecule has 0 aliphatic carbocycles. The Kier molecular flexibility index (Phi) is 6.38. The van der Waals surface area contributed by atoms with Gasteiger partial charge in [0, 0.05) is 12.1 Å². The van der Waals surface area contributed by atoms with Gasteiger partial charge in [0.05, 0.1) is 5.54 Å². The molecular formula is C11H23ClN2. The molecule has 0 aliphatic heterocycles. The number of hydrogen-bond acceptors (Lipinski definition) is 2. The summed E-state index contributed by atoms with van der Waals surface area (Å²) in [6, 6.07) is 0. The molecule has 0 amide bonds. The zero-order valence-corrected chi connectivity index (χ0v) is 10.5. The van der Waals surface area contributed by atoms with E-state index in [1.807, 2.05) is 6.92 Å². The van der Waals surface area contributed by atoms with Crippen molar-refractivity contribution in [2.45, 2.75) is 39.7 Å². The summed E-state index contributed by atoms with van der Waals surface area (Å²) in [7, 11) is 0. The van der Waals surface area contributed by atoms with Crippen LogP contribution in [0.5, 0.6) is 0 Å². The van der Waals surface area contributed by atoms with Gasteiger partial charge in [0.1, 0.15) is 0 Å². The van der Waals surface area contributed by atoms with Crippen molar-refractivity contribution in [1.29, 1.82) is 5.41 Å². The van der Waals surface area contributed by atoms with E-state index in [0.29, 0.717) is 11.8 Å². The van der Waals surface area contributed by atoms with Crippen molar-refractivity contribution < 1.29 is 0 Å². The summed E-state index contributed by atoms with van der Waals surface area (Å²) in [5, 5.41) is 10.8. The van der Waals surface area contributed by atoms with E-state index >= 15 is 0 Å². The summed E-state index contributed by atoms with van der Waals surface area (Å²) in [5.74, 6) is 1.57. The largest absolute Gasteiger partial charge is 0.311 e. The third-order valence-corrected chi connectivity index (χ3v) is 3.25. The normalized spacial score (nSPS) is 17.9. The quantitative estimate of drug-likeness (QED) is 0.500. The molecule has 0 radical (unpaired) electrons. The van der Waals surface area contributed by atoms with Crippen LogP contribution in [0.4, 0.5) is 0 Å². The molecule has 0 aromatic heterocycles. The van der Waals surface area contributed by atoms with Gasteiger partial charge < -0.3 is 10.7 Å². The molecule has 1 unspecified atom stereocenters. The van der Waals surface area contributed by atoms with Crippen molar-refractivity contribution in [2.75, 3.05) is 12.4 Å². The highest BCUT2D eigenvalue weighted by molar-refractivity contribution is 6.18. The fourth-order valence-corrected chi connectivity index (χ4v) is 1.48. The van der Waals surface area contributed by atoms with Gasteiger partial charge in [-0.05, 0) is 31.7 Å². The SMILES string of the molecule is CC(C)CCN[C@@](C)(C=N)C(C)CCl. The maximum atomic E-state index is 7.43. The third-order valence-electron chi connectivity index (χ3n) is 2.78. The molecule has 3 heteroatoms. The van der Waals surface area contributed by atoms with E-state index in [1.54, 1.807) is 0 Å². The van der Waals surface area contributed by atoms with Gasteiger partial charge in [0.2, 0.25) is 0 Å². The van der Waals surface area contributed by atoms with E-state index in [2.05, 4.69) is 26.1 Å². The van der Waals surface area contributed by atoms with E-state index in [-0.39, 0.29) is 11.5 Å². The predicted octanol–water partition coefficient (Wildman–Crippen LogP) is 2.91. The van der Waals surface area contributed by atoms with Gasteiger partial charge in [0.15, 0.2) is 0 Å². The number of halogens is 1. The van der Waals surface area contributed by atoms with Gasteiger partial charge in [-0.2, -0.15) is 0 Å². The van der Waals surface area contributed by atoms with Crippen LogP contribution in [0.1, 0.15) is 34.1 Å². The first kappa shape index (κ1) is 13.9. The van der Waals surface area contributed by atoms with Gasteiger partial charge in [-0.25, -0.2) is 0 Å². The maximum absolute atomic E-state index is 7.43. The smallest absolute Gasteiger partial charge is 0.0540 e. The minimum atomic E-state index is -0.253. The molecule has 2 N–H and O–H groups in total. The molecule has 0 rings (SSSR count). The number of alkyl halides is 1. The fourth-order valence-electron chi connectivity index (χ4n) is 1.16. The zero-order valence-electron chi connectivity index (χ0n) is 9.73. The van der Waals surface area contributed by atoms with Gasteiger partial charge in [-0.1, -0.05) is 20.8 Å². The molecule has 84 valence electrons. The van der Waals surface area contributed by atoms with E-state index in [0.717, 1.165) is 13.0 Å². The highest BCUT2D eigenvalue weighted by atomic mass is 35.5. The number of rotatable bonds is 7. The first-order valence-electron chi connectivity index (χ1n) is 5.29. The summed E-state index contributed by atoms with van der Waals surface area (Å²) < 4.78 is 0. The molecule has 0 bridgehead atoms. The first-order valence-corrected chi connectivity index (χ1v) is 5.82. The number of nitrogens with one attached hydrogen (secondary N) is 2. The molecular weight excluding hydrogens is 196 g/mol. The Hall–Kier alpha value is -0.0800. The number of hydrogen-bond donors (Lipinski definition) is 2. The van der Waals surface area contributed by atoms with E-state index in [9.17, 15) is 0 Å². The van der Waals surface area contributed by atoms with Gasteiger partial charge in [-0.3, -0.25) is 0 Å². The molecule has 2 atom stereocenters. The Morgan fingerprint density at radius 1 is 1.43 bits per heavy atom. The van der Waals surface area contributed by atoms with Gasteiger partial charge in [0.25, 0.3) is 0 Å². The molecule has 0 saturated carbocycles. The minimum Gasteiger partial charge on any atom is -0.311 e. The van der Waals surface area contributed by atoms with Crippen molar-refractivity contribution in [3.8, 4) is 0 Å². The van der Waals surface area contributed by atoms with Crippen LogP contribution >= 0.6 is 11.6 Å². The highest BCUT2D eigenvalue weighted by Gasteiger charge is 2.27. The minimum absolute atomic E-state index is 0.253. The van der Waals surface area contributed by atoms with Crippen LogP contribution in [0.25, 0.3) is 0 Å². The van der Waals surface area contributed by atoms with E-state index < -0.39 is 0 Å². The van der Waals surface area contributed by atoms with Crippen LogP contribution in [0, 0.1) is 17.2 Å². The highest BCUT2D eigenvalue weighted by Crippen LogP contribution is 2.16. The predicted molar refractivity (Wildman–Crippen MR) is 64.5 cm³/mol. The van der Waals surface area contributed by atoms with Crippen LogP contribution in [0.3, 0.4) is 0 Å². The second-order valence-corrected chi connectivity index (χ2v) is 4.90. The molecule has 0 spiro atoms. The Bertz CT molecular complexity index is 171. The van der Waals surface area contributed by atoms with Crippen molar-refractivity contribution in [3.63, 3.8) is 0 Å². The average molecular weight is 219 g/mol. The Morgan fingerprint density at radius 2 is 2.00 bits per heavy atom. The molecule has 14 heavy (non-hydrogen) atoms.